The van der Waals surface area contributed by atoms with Gasteiger partial charge in [-0.2, -0.15) is 0 Å². The number of carbonyl (C=O) groups is 2. The molecule has 0 bridgehead atoms. The molecule has 6 nitrogen and oxygen atoms in total. The molecule has 0 aromatic heterocycles. The maximum Gasteiger partial charge on any atom is 0.414 e. The molecule has 1 aromatic carbocycles. The Hall–Kier alpha value is -1.92. The van der Waals surface area contributed by atoms with Gasteiger partial charge in [-0.1, -0.05) is 37.3 Å². The molecule has 6 heteroatoms. The fourth-order valence-corrected chi connectivity index (χ4v) is 1.08. The van der Waals surface area contributed by atoms with Gasteiger partial charge in [0.2, 0.25) is 0 Å². The van der Waals surface area contributed by atoms with E-state index in [0.29, 0.717) is 0 Å². The molecule has 1 rings (SSSR count). The fraction of sp³-hybridized carbons (Fsp3) is 0.333. The SMILES string of the molecule is CCN(N)CCc1ccccc1.O=C(O)C(=O)O. The highest BCUT2D eigenvalue weighted by Gasteiger charge is 2.04. The van der Waals surface area contributed by atoms with Gasteiger partial charge in [-0.3, -0.25) is 5.84 Å². The highest BCUT2D eigenvalue weighted by atomic mass is 16.4. The van der Waals surface area contributed by atoms with E-state index in [2.05, 4.69) is 31.2 Å². The lowest BCUT2D eigenvalue weighted by Gasteiger charge is -2.12. The maximum atomic E-state index is 9.10. The number of hydrazine groups is 1. The van der Waals surface area contributed by atoms with Crippen molar-refractivity contribution in [2.24, 2.45) is 5.84 Å². The van der Waals surface area contributed by atoms with E-state index in [1.54, 1.807) is 0 Å². The summed E-state index contributed by atoms with van der Waals surface area (Å²) in [6.07, 6.45) is 1.03. The molecular formula is C12H18N2O4. The van der Waals surface area contributed by atoms with Gasteiger partial charge < -0.3 is 10.2 Å². The molecule has 0 radical (unpaired) electrons. The Morgan fingerprint density at radius 1 is 1.17 bits per heavy atom. The van der Waals surface area contributed by atoms with Crippen LogP contribution in [0.3, 0.4) is 0 Å². The summed E-state index contributed by atoms with van der Waals surface area (Å²) in [5.41, 5.74) is 1.35. The first-order chi connectivity index (χ1) is 8.47. The van der Waals surface area contributed by atoms with Crippen LogP contribution in [0.4, 0.5) is 0 Å². The third kappa shape index (κ3) is 8.26. The van der Waals surface area contributed by atoms with E-state index < -0.39 is 11.9 Å². The number of aliphatic carboxylic acids is 2. The molecule has 100 valence electrons. The number of hydrogen-bond donors (Lipinski definition) is 3. The van der Waals surface area contributed by atoms with Crippen LogP contribution < -0.4 is 5.84 Å². The number of likely N-dealkylation sites (N-methyl/N-ethyl adjacent to an activating group) is 1. The smallest absolute Gasteiger partial charge is 0.414 e. The first-order valence-electron chi connectivity index (χ1n) is 5.47. The van der Waals surface area contributed by atoms with Crippen molar-refractivity contribution in [3.63, 3.8) is 0 Å². The summed E-state index contributed by atoms with van der Waals surface area (Å²) in [5.74, 6) is 2.01. The zero-order valence-electron chi connectivity index (χ0n) is 10.2. The quantitative estimate of drug-likeness (QED) is 0.412. The van der Waals surface area contributed by atoms with Crippen LogP contribution in [0.1, 0.15) is 12.5 Å². The normalized spacial score (nSPS) is 9.50. The van der Waals surface area contributed by atoms with Crippen LogP contribution in [0.25, 0.3) is 0 Å². The Morgan fingerprint density at radius 3 is 2.06 bits per heavy atom. The van der Waals surface area contributed by atoms with Crippen molar-refractivity contribution in [3.05, 3.63) is 35.9 Å². The summed E-state index contributed by atoms with van der Waals surface area (Å²) in [4.78, 5) is 18.2. The minimum Gasteiger partial charge on any atom is -0.473 e. The average molecular weight is 254 g/mol. The van der Waals surface area contributed by atoms with E-state index >= 15 is 0 Å². The molecule has 4 N–H and O–H groups in total. The summed E-state index contributed by atoms with van der Waals surface area (Å²) in [6.45, 7) is 3.90. The monoisotopic (exact) mass is 254 g/mol. The molecule has 18 heavy (non-hydrogen) atoms. The van der Waals surface area contributed by atoms with Crippen LogP contribution in [-0.4, -0.2) is 40.3 Å². The van der Waals surface area contributed by atoms with E-state index in [4.69, 9.17) is 25.6 Å². The third-order valence-corrected chi connectivity index (χ3v) is 2.12. The molecule has 0 saturated carbocycles. The second-order valence-corrected chi connectivity index (χ2v) is 3.47. The molecule has 0 heterocycles. The van der Waals surface area contributed by atoms with Crippen LogP contribution in [0.15, 0.2) is 30.3 Å². The molecular weight excluding hydrogens is 236 g/mol. The lowest BCUT2D eigenvalue weighted by atomic mass is 10.1. The number of rotatable bonds is 4. The second-order valence-electron chi connectivity index (χ2n) is 3.47. The average Bonchev–Trinajstić information content (AvgIpc) is 2.37. The molecule has 0 amide bonds. The minimum absolute atomic E-state index is 0.910. The van der Waals surface area contributed by atoms with E-state index in [1.807, 2.05) is 11.1 Å². The summed E-state index contributed by atoms with van der Waals surface area (Å²) < 4.78 is 0. The van der Waals surface area contributed by atoms with Crippen LogP contribution in [0, 0.1) is 0 Å². The van der Waals surface area contributed by atoms with Crippen molar-refractivity contribution < 1.29 is 19.8 Å². The highest BCUT2D eigenvalue weighted by molar-refractivity contribution is 6.27. The first kappa shape index (κ1) is 16.1. The Balaban J connectivity index is 0.000000411. The van der Waals surface area contributed by atoms with Crippen molar-refractivity contribution in [1.29, 1.82) is 0 Å². The van der Waals surface area contributed by atoms with Gasteiger partial charge in [-0.05, 0) is 12.0 Å². The predicted molar refractivity (Wildman–Crippen MR) is 66.9 cm³/mol. The van der Waals surface area contributed by atoms with Gasteiger partial charge in [0, 0.05) is 13.1 Å². The van der Waals surface area contributed by atoms with Crippen LogP contribution in [-0.2, 0) is 16.0 Å². The lowest BCUT2D eigenvalue weighted by Crippen LogP contribution is -2.32. The Bertz CT molecular complexity index is 356. The van der Waals surface area contributed by atoms with Crippen molar-refractivity contribution in [2.75, 3.05) is 13.1 Å². The molecule has 0 aliphatic heterocycles. The van der Waals surface area contributed by atoms with Gasteiger partial charge in [0.25, 0.3) is 0 Å². The van der Waals surface area contributed by atoms with Gasteiger partial charge in [-0.15, -0.1) is 0 Å². The maximum absolute atomic E-state index is 9.10. The molecule has 0 fully saturated rings. The highest BCUT2D eigenvalue weighted by Crippen LogP contribution is 1.99. The molecule has 0 aliphatic carbocycles. The molecule has 1 aromatic rings. The number of benzene rings is 1. The largest absolute Gasteiger partial charge is 0.473 e. The summed E-state index contributed by atoms with van der Waals surface area (Å²) >= 11 is 0. The fourth-order valence-electron chi connectivity index (χ4n) is 1.08. The van der Waals surface area contributed by atoms with Gasteiger partial charge in [0.15, 0.2) is 0 Å². The zero-order valence-corrected chi connectivity index (χ0v) is 10.2. The van der Waals surface area contributed by atoms with E-state index in [9.17, 15) is 0 Å². The number of nitrogens with two attached hydrogens (primary N) is 1. The van der Waals surface area contributed by atoms with Crippen molar-refractivity contribution in [3.8, 4) is 0 Å². The Kier molecular flexibility index (Phi) is 8.17. The number of hydrogen-bond acceptors (Lipinski definition) is 4. The van der Waals surface area contributed by atoms with Crippen molar-refractivity contribution >= 4 is 11.9 Å². The summed E-state index contributed by atoms with van der Waals surface area (Å²) in [6, 6.07) is 10.4. The number of carboxylic acid groups (broad SMARTS) is 2. The minimum atomic E-state index is -1.82. The lowest BCUT2D eigenvalue weighted by molar-refractivity contribution is -0.159. The van der Waals surface area contributed by atoms with E-state index in [0.717, 1.165) is 19.5 Å². The molecule has 0 atom stereocenters. The topological polar surface area (TPSA) is 104 Å². The van der Waals surface area contributed by atoms with Gasteiger partial charge in [-0.25, -0.2) is 14.6 Å². The van der Waals surface area contributed by atoms with Gasteiger partial charge in [0.1, 0.15) is 0 Å². The second kappa shape index (κ2) is 9.15. The van der Waals surface area contributed by atoms with Crippen LogP contribution in [0.5, 0.6) is 0 Å². The Labute approximate surface area is 106 Å². The molecule has 0 unspecified atom stereocenters. The Morgan fingerprint density at radius 2 is 1.67 bits per heavy atom. The van der Waals surface area contributed by atoms with Crippen LogP contribution >= 0.6 is 0 Å². The third-order valence-electron chi connectivity index (χ3n) is 2.12. The summed E-state index contributed by atoms with van der Waals surface area (Å²) in [5, 5.41) is 16.6. The molecule has 0 saturated heterocycles. The predicted octanol–water partition coefficient (Wildman–Crippen LogP) is 0.580. The van der Waals surface area contributed by atoms with E-state index in [-0.39, 0.29) is 0 Å². The standard InChI is InChI=1S/C10H16N2.C2H2O4/c1-2-12(11)9-8-10-6-4-3-5-7-10;3-1(4)2(5)6/h3-7H,2,8-9,11H2,1H3;(H,3,4)(H,5,6). The van der Waals surface area contributed by atoms with Crippen molar-refractivity contribution in [2.45, 2.75) is 13.3 Å². The number of carboxylic acids is 2. The first-order valence-corrected chi connectivity index (χ1v) is 5.47. The zero-order chi connectivity index (χ0) is 14.0. The van der Waals surface area contributed by atoms with Crippen molar-refractivity contribution in [1.82, 2.24) is 5.01 Å². The molecule has 0 spiro atoms. The molecule has 0 aliphatic rings. The van der Waals surface area contributed by atoms with Gasteiger partial charge >= 0.3 is 11.9 Å². The summed E-state index contributed by atoms with van der Waals surface area (Å²) in [7, 11) is 0. The number of nitrogens with zero attached hydrogens (tertiary/aromatic N) is 1. The van der Waals surface area contributed by atoms with E-state index in [1.165, 1.54) is 5.56 Å². The van der Waals surface area contributed by atoms with Crippen LogP contribution in [0.2, 0.25) is 0 Å². The van der Waals surface area contributed by atoms with Gasteiger partial charge in [0.05, 0.1) is 0 Å².